The Morgan fingerprint density at radius 2 is 1.65 bits per heavy atom. The van der Waals surface area contributed by atoms with Gasteiger partial charge in [-0.25, -0.2) is 4.39 Å². The molecule has 0 aromatic heterocycles. The molecule has 1 aromatic rings. The number of hydrogen-bond acceptors (Lipinski definition) is 1. The van der Waals surface area contributed by atoms with E-state index in [1.54, 1.807) is 0 Å². The van der Waals surface area contributed by atoms with Crippen molar-refractivity contribution in [3.8, 4) is 0 Å². The zero-order chi connectivity index (χ0) is 13.4. The number of carbonyl (C=O) groups excluding carboxylic acids is 1. The third-order valence-electron chi connectivity index (χ3n) is 1.84. The summed E-state index contributed by atoms with van der Waals surface area (Å²) in [5, 5.41) is 0. The van der Waals surface area contributed by atoms with E-state index in [1.807, 2.05) is 0 Å². The number of hydrogen-bond donors (Lipinski definition) is 0. The number of Topliss-reactive ketones (excluding diaryl/α,β-unsaturated/α-hetero) is 1. The summed E-state index contributed by atoms with van der Waals surface area (Å²) in [7, 11) is 0. The van der Waals surface area contributed by atoms with Crippen molar-refractivity contribution in [1.29, 1.82) is 0 Å². The lowest BCUT2D eigenvalue weighted by atomic mass is 10.0. The lowest BCUT2D eigenvalue weighted by Gasteiger charge is -2.18. The van der Waals surface area contributed by atoms with Crippen molar-refractivity contribution in [2.75, 3.05) is 0 Å². The Hall–Kier alpha value is -1.05. The monoisotopic (exact) mass is 320 g/mol. The van der Waals surface area contributed by atoms with Gasteiger partial charge in [0.2, 0.25) is 5.78 Å². The van der Waals surface area contributed by atoms with E-state index in [9.17, 15) is 31.1 Å². The van der Waals surface area contributed by atoms with Crippen LogP contribution in [0.1, 0.15) is 10.4 Å². The van der Waals surface area contributed by atoms with Crippen LogP contribution < -0.4 is 0 Å². The highest BCUT2D eigenvalue weighted by atomic mass is 79.9. The smallest absolute Gasteiger partial charge is 0.287 e. The van der Waals surface area contributed by atoms with Crippen molar-refractivity contribution in [3.05, 3.63) is 34.1 Å². The van der Waals surface area contributed by atoms with Crippen LogP contribution in [0.2, 0.25) is 0 Å². The molecule has 0 aliphatic carbocycles. The molecule has 0 bridgehead atoms. The maximum absolute atomic E-state index is 13.2. The number of alkyl halides is 5. The van der Waals surface area contributed by atoms with E-state index < -0.39 is 29.3 Å². The summed E-state index contributed by atoms with van der Waals surface area (Å²) in [4.78, 5) is 11.0. The van der Waals surface area contributed by atoms with Gasteiger partial charge in [0.05, 0.1) is 10.0 Å². The molecule has 0 unspecified atom stereocenters. The molecular weight excluding hydrogens is 318 g/mol. The highest BCUT2D eigenvalue weighted by Gasteiger charge is 2.63. The average molecular weight is 321 g/mol. The molecule has 0 heterocycles. The largest absolute Gasteiger partial charge is 0.461 e. The minimum absolute atomic E-state index is 0.374. The van der Waals surface area contributed by atoms with E-state index in [1.165, 1.54) is 0 Å². The molecule has 0 saturated carbocycles. The molecule has 0 atom stereocenters. The third kappa shape index (κ3) is 2.46. The van der Waals surface area contributed by atoms with Crippen LogP contribution in [0.4, 0.5) is 26.3 Å². The van der Waals surface area contributed by atoms with Crippen LogP contribution in [0.15, 0.2) is 22.7 Å². The Kier molecular flexibility index (Phi) is 3.56. The van der Waals surface area contributed by atoms with Gasteiger partial charge >= 0.3 is 12.1 Å². The lowest BCUT2D eigenvalue weighted by molar-refractivity contribution is -0.255. The van der Waals surface area contributed by atoms with Gasteiger partial charge in [0.1, 0.15) is 5.82 Å². The van der Waals surface area contributed by atoms with Gasteiger partial charge in [-0.1, -0.05) is 6.07 Å². The summed E-state index contributed by atoms with van der Waals surface area (Å²) in [5.74, 6) is -9.69. The van der Waals surface area contributed by atoms with Crippen LogP contribution in [-0.2, 0) is 0 Å². The Morgan fingerprint density at radius 3 is 2.12 bits per heavy atom. The van der Waals surface area contributed by atoms with Crippen LogP contribution in [-0.4, -0.2) is 17.9 Å². The second-order valence-electron chi connectivity index (χ2n) is 3.00. The van der Waals surface area contributed by atoms with E-state index in [0.717, 1.165) is 12.1 Å². The van der Waals surface area contributed by atoms with Crippen molar-refractivity contribution in [1.82, 2.24) is 0 Å². The third-order valence-corrected chi connectivity index (χ3v) is 2.45. The fraction of sp³-hybridized carbons (Fsp3) is 0.222. The predicted octanol–water partition coefficient (Wildman–Crippen LogP) is 3.97. The second-order valence-corrected chi connectivity index (χ2v) is 3.86. The van der Waals surface area contributed by atoms with Gasteiger partial charge in [-0.2, -0.15) is 22.0 Å². The summed E-state index contributed by atoms with van der Waals surface area (Å²) in [6.45, 7) is 0. The van der Waals surface area contributed by atoms with E-state index in [0.29, 0.717) is 6.07 Å². The minimum atomic E-state index is -6.06. The van der Waals surface area contributed by atoms with Crippen molar-refractivity contribution in [2.45, 2.75) is 12.1 Å². The first kappa shape index (κ1) is 14.0. The van der Waals surface area contributed by atoms with Crippen LogP contribution in [0, 0.1) is 5.82 Å². The average Bonchev–Trinajstić information content (AvgIpc) is 2.19. The minimum Gasteiger partial charge on any atom is -0.287 e. The maximum atomic E-state index is 13.2. The van der Waals surface area contributed by atoms with Gasteiger partial charge in [-0.3, -0.25) is 4.79 Å². The number of ketones is 1. The summed E-state index contributed by atoms with van der Waals surface area (Å²) in [6, 6.07) is 2.60. The van der Waals surface area contributed by atoms with Gasteiger partial charge in [0.25, 0.3) is 0 Å². The topological polar surface area (TPSA) is 17.1 Å². The van der Waals surface area contributed by atoms with Gasteiger partial charge in [0, 0.05) is 0 Å². The molecule has 1 rings (SSSR count). The number of rotatable bonds is 2. The standard InChI is InChI=1S/C9H3BrF6O/c10-5-3-1-2-4(6(5)11)7(17)8(12,13)9(14,15)16/h1-3H. The summed E-state index contributed by atoms with van der Waals surface area (Å²) >= 11 is 2.58. The van der Waals surface area contributed by atoms with Gasteiger partial charge in [-0.15, -0.1) is 0 Å². The Morgan fingerprint density at radius 1 is 1.12 bits per heavy atom. The van der Waals surface area contributed by atoms with E-state index in [-0.39, 0.29) is 4.47 Å². The molecule has 0 saturated heterocycles. The fourth-order valence-electron chi connectivity index (χ4n) is 0.977. The van der Waals surface area contributed by atoms with Crippen molar-refractivity contribution in [2.24, 2.45) is 0 Å². The molecule has 8 heteroatoms. The molecule has 17 heavy (non-hydrogen) atoms. The molecule has 0 spiro atoms. The highest BCUT2D eigenvalue weighted by molar-refractivity contribution is 9.10. The molecule has 0 fully saturated rings. The van der Waals surface area contributed by atoms with E-state index in [4.69, 9.17) is 0 Å². The van der Waals surface area contributed by atoms with Gasteiger partial charge in [-0.05, 0) is 28.1 Å². The first-order chi connectivity index (χ1) is 7.59. The lowest BCUT2D eigenvalue weighted by Crippen LogP contribution is -2.44. The normalized spacial score (nSPS) is 12.6. The van der Waals surface area contributed by atoms with Crippen molar-refractivity contribution < 1.29 is 31.1 Å². The molecule has 1 aromatic carbocycles. The van der Waals surface area contributed by atoms with Crippen LogP contribution in [0.25, 0.3) is 0 Å². The highest BCUT2D eigenvalue weighted by Crippen LogP contribution is 2.38. The van der Waals surface area contributed by atoms with Crippen molar-refractivity contribution in [3.63, 3.8) is 0 Å². The molecule has 0 amide bonds. The number of carbonyl (C=O) groups is 1. The summed E-state index contributed by atoms with van der Waals surface area (Å²) in [5.41, 5.74) is -1.32. The van der Waals surface area contributed by atoms with Crippen LogP contribution in [0.3, 0.4) is 0 Å². The molecule has 0 aliphatic rings. The van der Waals surface area contributed by atoms with Gasteiger partial charge < -0.3 is 0 Å². The maximum Gasteiger partial charge on any atom is 0.461 e. The van der Waals surface area contributed by atoms with Gasteiger partial charge in [0.15, 0.2) is 0 Å². The first-order valence-electron chi connectivity index (χ1n) is 4.02. The zero-order valence-corrected chi connectivity index (χ0v) is 9.37. The number of benzene rings is 1. The second kappa shape index (κ2) is 4.32. The summed E-state index contributed by atoms with van der Waals surface area (Å²) < 4.78 is 73.8. The predicted molar refractivity (Wildman–Crippen MR) is 49.4 cm³/mol. The first-order valence-corrected chi connectivity index (χ1v) is 4.81. The Labute approximate surface area is 99.5 Å². The molecular formula is C9H3BrF6O. The Balaban J connectivity index is 3.27. The molecule has 0 radical (unpaired) electrons. The summed E-state index contributed by atoms with van der Waals surface area (Å²) in [6.07, 6.45) is -6.06. The van der Waals surface area contributed by atoms with E-state index in [2.05, 4.69) is 15.9 Å². The van der Waals surface area contributed by atoms with Crippen molar-refractivity contribution >= 4 is 21.7 Å². The fourth-order valence-corrected chi connectivity index (χ4v) is 1.34. The van der Waals surface area contributed by atoms with Crippen LogP contribution >= 0.6 is 15.9 Å². The SMILES string of the molecule is O=C(c1cccc(Br)c1F)C(F)(F)C(F)(F)F. The molecule has 94 valence electrons. The quantitative estimate of drug-likeness (QED) is 0.595. The zero-order valence-electron chi connectivity index (χ0n) is 7.79. The Bertz CT molecular complexity index is 453. The number of halogens is 7. The molecule has 0 N–H and O–H groups in total. The van der Waals surface area contributed by atoms with Crippen LogP contribution in [0.5, 0.6) is 0 Å². The molecule has 0 aliphatic heterocycles. The van der Waals surface area contributed by atoms with E-state index >= 15 is 0 Å². The molecule has 1 nitrogen and oxygen atoms in total.